The van der Waals surface area contributed by atoms with Crippen LogP contribution < -0.4 is 20.9 Å². The minimum absolute atomic E-state index is 0.114. The van der Waals surface area contributed by atoms with Crippen LogP contribution in [-0.4, -0.2) is 51.2 Å². The van der Waals surface area contributed by atoms with Crippen molar-refractivity contribution in [1.29, 1.82) is 0 Å². The first-order valence-corrected chi connectivity index (χ1v) is 8.50. The van der Waals surface area contributed by atoms with Crippen LogP contribution in [0.25, 0.3) is 0 Å². The van der Waals surface area contributed by atoms with Crippen LogP contribution in [0.1, 0.15) is 12.5 Å². The number of urea groups is 1. The van der Waals surface area contributed by atoms with Crippen LogP contribution in [0.4, 0.5) is 10.5 Å². The fourth-order valence-electron chi connectivity index (χ4n) is 2.58. The lowest BCUT2D eigenvalue weighted by atomic mass is 10.1. The zero-order valence-corrected chi connectivity index (χ0v) is 15.3. The summed E-state index contributed by atoms with van der Waals surface area (Å²) in [5.74, 6) is -0.614. The second-order valence-corrected chi connectivity index (χ2v) is 6.21. The zero-order chi connectivity index (χ0) is 19.1. The Kier molecular flexibility index (Phi) is 6.74. The fourth-order valence-corrected chi connectivity index (χ4v) is 2.58. The summed E-state index contributed by atoms with van der Waals surface area (Å²) in [7, 11) is 1.82. The van der Waals surface area contributed by atoms with Gasteiger partial charge in [-0.25, -0.2) is 9.59 Å². The Balaban J connectivity index is 1.98. The van der Waals surface area contributed by atoms with E-state index < -0.39 is 5.97 Å². The lowest BCUT2D eigenvalue weighted by Gasteiger charge is -2.23. The molecule has 140 valence electrons. The van der Waals surface area contributed by atoms with E-state index in [-0.39, 0.29) is 31.6 Å². The van der Waals surface area contributed by atoms with Crippen LogP contribution in [0.2, 0.25) is 0 Å². The van der Waals surface area contributed by atoms with E-state index in [1.165, 1.54) is 0 Å². The molecule has 0 bridgehead atoms. The molecule has 1 aliphatic heterocycles. The van der Waals surface area contributed by atoms with Crippen molar-refractivity contribution >= 4 is 23.6 Å². The quantitative estimate of drug-likeness (QED) is 0.496. The van der Waals surface area contributed by atoms with Crippen LogP contribution >= 0.6 is 0 Å². The van der Waals surface area contributed by atoms with Gasteiger partial charge in [0.1, 0.15) is 6.54 Å². The molecule has 2 rings (SSSR count). The van der Waals surface area contributed by atoms with Crippen LogP contribution in [0, 0.1) is 6.92 Å². The van der Waals surface area contributed by atoms with Crippen molar-refractivity contribution in [1.82, 2.24) is 10.6 Å². The molecule has 0 radical (unpaired) electrons. The third-order valence-corrected chi connectivity index (χ3v) is 3.85. The molecule has 1 heterocycles. The summed E-state index contributed by atoms with van der Waals surface area (Å²) >= 11 is 0. The van der Waals surface area contributed by atoms with Gasteiger partial charge in [0.2, 0.25) is 0 Å². The molecule has 1 aromatic carbocycles. The highest BCUT2D eigenvalue weighted by atomic mass is 16.5. The largest absolute Gasteiger partial charge is 0.463 e. The summed E-state index contributed by atoms with van der Waals surface area (Å²) < 4.78 is 5.02. The average molecular weight is 361 g/mol. The second kappa shape index (κ2) is 9.00. The highest BCUT2D eigenvalue weighted by Crippen LogP contribution is 2.08. The van der Waals surface area contributed by atoms with Gasteiger partial charge in [-0.1, -0.05) is 17.7 Å². The normalized spacial score (nSPS) is 15.0. The molecule has 1 aromatic rings. The molecular formula is C18H25N4O4+. The number of carbonyl (C=O) groups excluding carboxylic acids is 3. The van der Waals surface area contributed by atoms with Crippen LogP contribution in [0.3, 0.4) is 0 Å². The van der Waals surface area contributed by atoms with Gasteiger partial charge in [0, 0.05) is 5.69 Å². The Morgan fingerprint density at radius 2 is 1.96 bits per heavy atom. The van der Waals surface area contributed by atoms with Crippen molar-refractivity contribution < 1.29 is 24.0 Å². The molecule has 0 saturated carbocycles. The third-order valence-electron chi connectivity index (χ3n) is 3.85. The van der Waals surface area contributed by atoms with Gasteiger partial charge in [0.05, 0.1) is 31.5 Å². The number of ether oxygens (including phenoxy) is 1. The predicted octanol–water partition coefficient (Wildman–Crippen LogP) is -0.422. The highest BCUT2D eigenvalue weighted by Gasteiger charge is 2.26. The number of hydrogen-bond donors (Lipinski definition) is 4. The minimum Gasteiger partial charge on any atom is -0.463 e. The summed E-state index contributed by atoms with van der Waals surface area (Å²) in [4.78, 5) is 36.6. The van der Waals surface area contributed by atoms with E-state index in [0.717, 1.165) is 16.2 Å². The van der Waals surface area contributed by atoms with Crippen molar-refractivity contribution in [2.24, 2.45) is 0 Å². The molecule has 1 atom stereocenters. The van der Waals surface area contributed by atoms with E-state index in [0.29, 0.717) is 17.8 Å². The van der Waals surface area contributed by atoms with Gasteiger partial charge in [-0.05, 0) is 26.0 Å². The van der Waals surface area contributed by atoms with Gasteiger partial charge < -0.3 is 25.6 Å². The molecule has 0 fully saturated rings. The first-order valence-electron chi connectivity index (χ1n) is 8.50. The Morgan fingerprint density at radius 1 is 1.27 bits per heavy atom. The standard InChI is InChI=1S/C18H24N4O4/c1-4-26-17(24)14-9-19-18(25)21-15(14)10-22(3)11-16(23)20-13-7-5-12(2)6-8-13/h5-8H,4,9-11H2,1-3H3,(H,20,23)(H2,19,21,25)/p+1. The van der Waals surface area contributed by atoms with Gasteiger partial charge in [-0.3, -0.25) is 4.79 Å². The maximum absolute atomic E-state index is 12.2. The minimum atomic E-state index is -0.466. The molecule has 0 aromatic heterocycles. The number of likely N-dealkylation sites (N-methyl/N-ethyl adjacent to an activating group) is 1. The summed E-state index contributed by atoms with van der Waals surface area (Å²) in [6.07, 6.45) is 0. The Morgan fingerprint density at radius 3 is 2.62 bits per heavy atom. The number of anilines is 1. The molecule has 0 spiro atoms. The van der Waals surface area contributed by atoms with Crippen LogP contribution in [0.15, 0.2) is 35.5 Å². The summed E-state index contributed by atoms with van der Waals surface area (Å²) in [5, 5.41) is 8.03. The molecule has 8 heteroatoms. The number of benzene rings is 1. The maximum Gasteiger partial charge on any atom is 0.337 e. The van der Waals surface area contributed by atoms with E-state index in [1.54, 1.807) is 6.92 Å². The van der Waals surface area contributed by atoms with Gasteiger partial charge in [0.15, 0.2) is 6.54 Å². The zero-order valence-electron chi connectivity index (χ0n) is 15.3. The summed E-state index contributed by atoms with van der Waals surface area (Å²) in [5.41, 5.74) is 2.71. The summed E-state index contributed by atoms with van der Waals surface area (Å²) in [6, 6.07) is 7.17. The highest BCUT2D eigenvalue weighted by molar-refractivity contribution is 5.94. The van der Waals surface area contributed by atoms with Gasteiger partial charge in [-0.15, -0.1) is 0 Å². The van der Waals surface area contributed by atoms with Gasteiger partial charge in [-0.2, -0.15) is 0 Å². The van der Waals surface area contributed by atoms with E-state index in [9.17, 15) is 14.4 Å². The molecule has 1 aliphatic rings. The van der Waals surface area contributed by atoms with Crippen molar-refractivity contribution in [2.45, 2.75) is 13.8 Å². The molecule has 26 heavy (non-hydrogen) atoms. The van der Waals surface area contributed by atoms with Gasteiger partial charge in [0.25, 0.3) is 5.91 Å². The number of quaternary nitrogens is 1. The number of nitrogens with one attached hydrogen (secondary N) is 4. The Bertz CT molecular complexity index is 712. The Labute approximate surface area is 152 Å². The smallest absolute Gasteiger partial charge is 0.337 e. The third kappa shape index (κ3) is 5.59. The lowest BCUT2D eigenvalue weighted by Crippen LogP contribution is -3.10. The first-order chi connectivity index (χ1) is 12.4. The molecule has 3 amide bonds. The first kappa shape index (κ1) is 19.5. The monoisotopic (exact) mass is 361 g/mol. The number of esters is 1. The number of carbonyl (C=O) groups is 3. The van der Waals surface area contributed by atoms with Crippen molar-refractivity contribution in [3.8, 4) is 0 Å². The summed E-state index contributed by atoms with van der Waals surface area (Å²) in [6.45, 7) is 4.58. The van der Waals surface area contributed by atoms with E-state index in [4.69, 9.17) is 4.74 Å². The predicted molar refractivity (Wildman–Crippen MR) is 96.6 cm³/mol. The van der Waals surface area contributed by atoms with Crippen molar-refractivity contribution in [3.05, 3.63) is 41.1 Å². The Hall–Kier alpha value is -2.87. The fraction of sp³-hybridized carbons (Fsp3) is 0.389. The number of amides is 3. The average Bonchev–Trinajstić information content (AvgIpc) is 2.57. The molecule has 0 aliphatic carbocycles. The molecule has 8 nitrogen and oxygen atoms in total. The maximum atomic E-state index is 12.2. The number of hydrogen-bond acceptors (Lipinski definition) is 4. The van der Waals surface area contributed by atoms with E-state index in [2.05, 4.69) is 16.0 Å². The van der Waals surface area contributed by atoms with E-state index >= 15 is 0 Å². The van der Waals surface area contributed by atoms with E-state index in [1.807, 2.05) is 38.2 Å². The second-order valence-electron chi connectivity index (χ2n) is 6.21. The molecule has 4 N–H and O–H groups in total. The number of rotatable bonds is 7. The molecular weight excluding hydrogens is 336 g/mol. The number of aryl methyl sites for hydroxylation is 1. The van der Waals surface area contributed by atoms with Crippen LogP contribution in [-0.2, 0) is 14.3 Å². The lowest BCUT2D eigenvalue weighted by molar-refractivity contribution is -0.866. The van der Waals surface area contributed by atoms with Crippen molar-refractivity contribution in [2.75, 3.05) is 38.6 Å². The molecule has 1 unspecified atom stereocenters. The molecule has 0 saturated heterocycles. The SMILES string of the molecule is CCOC(=O)C1=C(C[NH+](C)CC(=O)Nc2ccc(C)cc2)NC(=O)NC1. The van der Waals surface area contributed by atoms with Crippen molar-refractivity contribution in [3.63, 3.8) is 0 Å². The van der Waals surface area contributed by atoms with Crippen LogP contribution in [0.5, 0.6) is 0 Å². The topological polar surface area (TPSA) is 101 Å². The van der Waals surface area contributed by atoms with Gasteiger partial charge >= 0.3 is 12.0 Å².